The number of carbonyl (C=O) groups excluding carboxylic acids is 1. The van der Waals surface area contributed by atoms with Crippen LogP contribution in [0.4, 0.5) is 10.2 Å². The second-order valence-corrected chi connectivity index (χ2v) is 11.1. The Labute approximate surface area is 243 Å². The number of aromatic nitrogens is 2. The Morgan fingerprint density at radius 2 is 1.93 bits per heavy atom. The molecule has 0 unspecified atom stereocenters. The first-order chi connectivity index (χ1) is 19.5. The van der Waals surface area contributed by atoms with Crippen LogP contribution in [-0.2, 0) is 4.79 Å². The van der Waals surface area contributed by atoms with Crippen LogP contribution in [0.1, 0.15) is 37.8 Å². The van der Waals surface area contributed by atoms with Gasteiger partial charge in [-0.2, -0.15) is 4.98 Å². The predicted octanol–water partition coefficient (Wildman–Crippen LogP) is 6.21. The third kappa shape index (κ3) is 4.97. The Morgan fingerprint density at radius 1 is 1.20 bits per heavy atom. The molecule has 5 rings (SSSR count). The molecule has 0 aliphatic carbocycles. The van der Waals surface area contributed by atoms with Crippen molar-refractivity contribution in [2.75, 3.05) is 24.5 Å². The minimum atomic E-state index is -0.634. The normalized spacial score (nSPS) is 15.5. The summed E-state index contributed by atoms with van der Waals surface area (Å²) in [5, 5.41) is 11.4. The van der Waals surface area contributed by atoms with E-state index < -0.39 is 11.5 Å². The maximum Gasteiger partial charge on any atom is 0.354 e. The second-order valence-electron chi connectivity index (χ2n) is 10.7. The topological polar surface area (TPSA) is 78.7 Å². The molecular formula is C32H32ClFN4O3. The number of anilines is 1. The van der Waals surface area contributed by atoms with Gasteiger partial charge in [-0.05, 0) is 61.2 Å². The summed E-state index contributed by atoms with van der Waals surface area (Å²) in [7, 11) is 0. The fourth-order valence-electron chi connectivity index (χ4n) is 5.69. The zero-order chi connectivity index (χ0) is 29.6. The predicted molar refractivity (Wildman–Crippen MR) is 162 cm³/mol. The molecule has 212 valence electrons. The average molecular weight is 575 g/mol. The molecule has 41 heavy (non-hydrogen) atoms. The summed E-state index contributed by atoms with van der Waals surface area (Å²) in [6, 6.07) is 13.1. The van der Waals surface area contributed by atoms with Crippen molar-refractivity contribution in [3.8, 4) is 22.6 Å². The first kappa shape index (κ1) is 28.4. The quantitative estimate of drug-likeness (QED) is 0.287. The average Bonchev–Trinajstić information content (AvgIpc) is 2.93. The summed E-state index contributed by atoms with van der Waals surface area (Å²) < 4.78 is 16.6. The highest BCUT2D eigenvalue weighted by molar-refractivity contribution is 6.34. The van der Waals surface area contributed by atoms with E-state index in [1.807, 2.05) is 36.9 Å². The number of hydrogen-bond donors (Lipinski definition) is 1. The van der Waals surface area contributed by atoms with Gasteiger partial charge in [0.15, 0.2) is 0 Å². The molecule has 1 atom stereocenters. The third-order valence-corrected chi connectivity index (χ3v) is 8.03. The maximum atomic E-state index is 15.1. The zero-order valence-electron chi connectivity index (χ0n) is 23.5. The van der Waals surface area contributed by atoms with Crippen LogP contribution in [0.25, 0.3) is 27.7 Å². The van der Waals surface area contributed by atoms with Crippen LogP contribution >= 0.6 is 11.6 Å². The van der Waals surface area contributed by atoms with Crippen LogP contribution < -0.4 is 10.6 Å². The molecule has 2 heterocycles. The molecule has 1 fully saturated rings. The molecule has 1 saturated heterocycles. The maximum absolute atomic E-state index is 15.1. The van der Waals surface area contributed by atoms with Crippen LogP contribution in [0, 0.1) is 12.7 Å². The van der Waals surface area contributed by atoms with Crippen LogP contribution in [0.15, 0.2) is 66.0 Å². The number of aryl methyl sites for hydroxylation is 1. The van der Waals surface area contributed by atoms with Crippen molar-refractivity contribution < 1.29 is 14.3 Å². The van der Waals surface area contributed by atoms with Crippen molar-refractivity contribution in [1.29, 1.82) is 0 Å². The van der Waals surface area contributed by atoms with Crippen LogP contribution in [-0.4, -0.2) is 51.1 Å². The number of amides is 1. The van der Waals surface area contributed by atoms with Crippen LogP contribution in [0.5, 0.6) is 5.75 Å². The Balaban J connectivity index is 1.83. The van der Waals surface area contributed by atoms with Crippen molar-refractivity contribution >= 4 is 34.2 Å². The molecule has 0 bridgehead atoms. The monoisotopic (exact) mass is 574 g/mol. The smallest absolute Gasteiger partial charge is 0.354 e. The Morgan fingerprint density at radius 3 is 2.59 bits per heavy atom. The van der Waals surface area contributed by atoms with Crippen LogP contribution in [0.3, 0.4) is 0 Å². The first-order valence-electron chi connectivity index (χ1n) is 13.6. The number of para-hydroxylation sites is 1. The van der Waals surface area contributed by atoms with Gasteiger partial charge in [-0.1, -0.05) is 56.3 Å². The molecule has 1 aromatic heterocycles. The number of piperazine rings is 1. The van der Waals surface area contributed by atoms with Gasteiger partial charge in [-0.15, -0.1) is 0 Å². The number of nitrogens with zero attached hydrogens (tertiary/aromatic N) is 4. The summed E-state index contributed by atoms with van der Waals surface area (Å²) in [6.07, 6.45) is 1.30. The summed E-state index contributed by atoms with van der Waals surface area (Å²) in [6.45, 7) is 12.9. The summed E-state index contributed by atoms with van der Waals surface area (Å²) in [5.74, 6) is -0.507. The molecule has 4 aromatic rings. The van der Waals surface area contributed by atoms with Gasteiger partial charge in [0.1, 0.15) is 17.4 Å². The molecule has 9 heteroatoms. The SMILES string of the molecule is C=CC(=O)N1CCN(c2nc(=O)n(-c3c(C)cccc3C(C)C)c3cc(-c4c(O)cccc4F)c(Cl)cc23)[C@@H](C)C1. The van der Waals surface area contributed by atoms with E-state index in [-0.39, 0.29) is 39.8 Å². The fourth-order valence-corrected chi connectivity index (χ4v) is 5.95. The van der Waals surface area contributed by atoms with Crippen LogP contribution in [0.2, 0.25) is 5.02 Å². The Kier molecular flexibility index (Phi) is 7.62. The van der Waals surface area contributed by atoms with Gasteiger partial charge in [0.2, 0.25) is 5.91 Å². The number of halogens is 2. The molecule has 0 spiro atoms. The van der Waals surface area contributed by atoms with Crippen molar-refractivity contribution in [3.05, 3.63) is 93.6 Å². The van der Waals surface area contributed by atoms with Gasteiger partial charge in [-0.25, -0.2) is 9.18 Å². The molecule has 1 N–H and O–H groups in total. The molecule has 7 nitrogen and oxygen atoms in total. The summed E-state index contributed by atoms with van der Waals surface area (Å²) in [4.78, 5) is 34.6. The van der Waals surface area contributed by atoms with Gasteiger partial charge in [0, 0.05) is 41.6 Å². The molecule has 0 radical (unpaired) electrons. The van der Waals surface area contributed by atoms with E-state index >= 15 is 4.39 Å². The number of carbonyl (C=O) groups is 1. The van der Waals surface area contributed by atoms with E-state index in [1.54, 1.807) is 21.6 Å². The molecular weight excluding hydrogens is 543 g/mol. The van der Waals surface area contributed by atoms with E-state index in [4.69, 9.17) is 11.6 Å². The van der Waals surface area contributed by atoms with Crippen molar-refractivity contribution in [1.82, 2.24) is 14.5 Å². The van der Waals surface area contributed by atoms with E-state index in [0.717, 1.165) is 11.1 Å². The first-order valence-corrected chi connectivity index (χ1v) is 13.9. The van der Waals surface area contributed by atoms with E-state index in [2.05, 4.69) is 25.4 Å². The fraction of sp³-hybridized carbons (Fsp3) is 0.281. The molecule has 1 amide bonds. The standard InChI is InChI=1S/C32H32ClFN4O3/c1-6-28(40)36-13-14-37(20(5)17-36)31-23-15-24(33)22(29-25(34)11-8-12-27(29)39)16-26(23)38(32(41)35-31)30-19(4)9-7-10-21(30)18(2)3/h6-12,15-16,18,20,39H,1,13-14,17H2,2-5H3/t20-/m0/s1. The lowest BCUT2D eigenvalue weighted by molar-refractivity contribution is -0.126. The van der Waals surface area contributed by atoms with E-state index in [9.17, 15) is 14.7 Å². The van der Waals surface area contributed by atoms with E-state index in [1.165, 1.54) is 24.3 Å². The summed E-state index contributed by atoms with van der Waals surface area (Å²) in [5.41, 5.74) is 2.74. The highest BCUT2D eigenvalue weighted by atomic mass is 35.5. The Hall–Kier alpha value is -4.17. The largest absolute Gasteiger partial charge is 0.507 e. The van der Waals surface area contributed by atoms with E-state index in [0.29, 0.717) is 42.0 Å². The highest BCUT2D eigenvalue weighted by Crippen LogP contribution is 2.41. The molecule has 0 saturated carbocycles. The zero-order valence-corrected chi connectivity index (χ0v) is 24.2. The molecule has 1 aliphatic rings. The number of phenols is 1. The molecule has 3 aromatic carbocycles. The van der Waals surface area contributed by atoms with Crippen molar-refractivity contribution in [2.24, 2.45) is 0 Å². The number of fused-ring (bicyclic) bond motifs is 1. The lowest BCUT2D eigenvalue weighted by atomic mass is 9.97. The van der Waals surface area contributed by atoms with Crippen molar-refractivity contribution in [2.45, 2.75) is 39.7 Å². The van der Waals surface area contributed by atoms with Gasteiger partial charge in [-0.3, -0.25) is 9.36 Å². The lowest BCUT2D eigenvalue weighted by Gasteiger charge is -2.40. The number of aromatic hydroxyl groups is 1. The highest BCUT2D eigenvalue weighted by Gasteiger charge is 2.30. The number of benzene rings is 3. The number of phenolic OH excluding ortho intramolecular Hbond substituents is 1. The van der Waals surface area contributed by atoms with Gasteiger partial charge in [0.05, 0.1) is 16.8 Å². The minimum Gasteiger partial charge on any atom is -0.507 e. The van der Waals surface area contributed by atoms with Gasteiger partial charge >= 0.3 is 5.69 Å². The Bertz CT molecular complexity index is 1730. The summed E-state index contributed by atoms with van der Waals surface area (Å²) >= 11 is 6.79. The number of hydrogen-bond acceptors (Lipinski definition) is 5. The van der Waals surface area contributed by atoms with Gasteiger partial charge < -0.3 is 14.9 Å². The van der Waals surface area contributed by atoms with Crippen molar-refractivity contribution in [3.63, 3.8) is 0 Å². The molecule has 1 aliphatic heterocycles. The lowest BCUT2D eigenvalue weighted by Crippen LogP contribution is -2.54. The number of rotatable bonds is 5. The third-order valence-electron chi connectivity index (χ3n) is 7.72. The minimum absolute atomic E-state index is 0.0458. The van der Waals surface area contributed by atoms with Gasteiger partial charge in [0.25, 0.3) is 0 Å². The second kappa shape index (κ2) is 11.0.